The maximum absolute atomic E-state index is 11.7. The zero-order valence-electron chi connectivity index (χ0n) is 10.2. The van der Waals surface area contributed by atoms with Crippen LogP contribution in [0.1, 0.15) is 28.3 Å². The van der Waals surface area contributed by atoms with Gasteiger partial charge < -0.3 is 15.8 Å². The SMILES string of the molecule is COCc1nc(C(=O)NCC(N)C2CC2)cs1.Cl. The molecule has 1 aromatic rings. The Morgan fingerprint density at radius 1 is 1.72 bits per heavy atom. The van der Waals surface area contributed by atoms with Crippen molar-refractivity contribution in [2.45, 2.75) is 25.5 Å². The first-order valence-corrected chi connectivity index (χ1v) is 6.55. The van der Waals surface area contributed by atoms with Gasteiger partial charge in [-0.25, -0.2) is 4.98 Å². The molecule has 0 radical (unpaired) electrons. The van der Waals surface area contributed by atoms with Crippen molar-refractivity contribution in [2.24, 2.45) is 11.7 Å². The second kappa shape index (κ2) is 7.04. The quantitative estimate of drug-likeness (QED) is 0.825. The summed E-state index contributed by atoms with van der Waals surface area (Å²) in [6.07, 6.45) is 2.37. The Bertz CT molecular complexity index is 395. The van der Waals surface area contributed by atoms with Crippen LogP contribution in [0.2, 0.25) is 0 Å². The number of hydrogen-bond donors (Lipinski definition) is 2. The van der Waals surface area contributed by atoms with Gasteiger partial charge in [0, 0.05) is 25.1 Å². The third-order valence-electron chi connectivity index (χ3n) is 2.78. The molecule has 2 rings (SSSR count). The van der Waals surface area contributed by atoms with Crippen LogP contribution in [0.5, 0.6) is 0 Å². The molecule has 1 aromatic heterocycles. The lowest BCUT2D eigenvalue weighted by Crippen LogP contribution is -2.38. The van der Waals surface area contributed by atoms with Crippen LogP contribution in [-0.4, -0.2) is 30.6 Å². The molecule has 3 N–H and O–H groups in total. The minimum absolute atomic E-state index is 0. The number of ether oxygens (including phenoxy) is 1. The third-order valence-corrected chi connectivity index (χ3v) is 3.60. The van der Waals surface area contributed by atoms with Crippen molar-refractivity contribution < 1.29 is 9.53 Å². The molecule has 0 bridgehead atoms. The van der Waals surface area contributed by atoms with Gasteiger partial charge in [0.05, 0.1) is 6.61 Å². The van der Waals surface area contributed by atoms with Crippen LogP contribution in [0.25, 0.3) is 0 Å². The molecule has 18 heavy (non-hydrogen) atoms. The Kier molecular flexibility index (Phi) is 6.01. The van der Waals surface area contributed by atoms with E-state index in [1.54, 1.807) is 12.5 Å². The predicted octanol–water partition coefficient (Wildman–Crippen LogP) is 1.18. The van der Waals surface area contributed by atoms with E-state index in [0.717, 1.165) is 5.01 Å². The molecule has 0 aliphatic heterocycles. The second-order valence-corrected chi connectivity index (χ2v) is 5.21. The Balaban J connectivity index is 0.00000162. The fourth-order valence-corrected chi connectivity index (χ4v) is 2.34. The lowest BCUT2D eigenvalue weighted by atomic mass is 10.2. The normalized spacial score (nSPS) is 15.9. The summed E-state index contributed by atoms with van der Waals surface area (Å²) in [5, 5.41) is 5.37. The molecule has 1 aliphatic rings. The number of thiazole rings is 1. The minimum Gasteiger partial charge on any atom is -0.378 e. The van der Waals surface area contributed by atoms with Crippen molar-refractivity contribution in [3.63, 3.8) is 0 Å². The molecule has 1 heterocycles. The number of halogens is 1. The number of nitrogens with zero attached hydrogens (tertiary/aromatic N) is 1. The van der Waals surface area contributed by atoms with Gasteiger partial charge in [-0.05, 0) is 18.8 Å². The van der Waals surface area contributed by atoms with Crippen LogP contribution < -0.4 is 11.1 Å². The molecule has 1 saturated carbocycles. The zero-order chi connectivity index (χ0) is 12.3. The molecule has 0 saturated heterocycles. The van der Waals surface area contributed by atoms with Gasteiger partial charge >= 0.3 is 0 Å². The van der Waals surface area contributed by atoms with Gasteiger partial charge in [-0.2, -0.15) is 0 Å². The molecule has 1 aliphatic carbocycles. The molecule has 1 atom stereocenters. The molecule has 0 aromatic carbocycles. The standard InChI is InChI=1S/C11H17N3O2S.ClH/c1-16-5-10-14-9(6-17-10)11(15)13-4-8(12)7-2-3-7;/h6-8H,2-5,12H2,1H3,(H,13,15);1H. The summed E-state index contributed by atoms with van der Waals surface area (Å²) in [5.74, 6) is 0.439. The minimum atomic E-state index is -0.153. The molecule has 1 amide bonds. The van der Waals surface area contributed by atoms with Crippen LogP contribution in [0, 0.1) is 5.92 Å². The average molecular weight is 292 g/mol. The maximum Gasteiger partial charge on any atom is 0.270 e. The van der Waals surface area contributed by atoms with E-state index in [4.69, 9.17) is 10.5 Å². The molecule has 1 unspecified atom stereocenters. The van der Waals surface area contributed by atoms with Gasteiger partial charge in [-0.1, -0.05) is 0 Å². The highest BCUT2D eigenvalue weighted by molar-refractivity contribution is 7.09. The number of carbonyl (C=O) groups excluding carboxylic acids is 1. The highest BCUT2D eigenvalue weighted by Crippen LogP contribution is 2.31. The van der Waals surface area contributed by atoms with Crippen molar-refractivity contribution in [3.05, 3.63) is 16.1 Å². The number of amides is 1. The monoisotopic (exact) mass is 291 g/mol. The highest BCUT2D eigenvalue weighted by atomic mass is 35.5. The largest absolute Gasteiger partial charge is 0.378 e. The summed E-state index contributed by atoms with van der Waals surface area (Å²) in [6.45, 7) is 0.972. The Morgan fingerprint density at radius 2 is 2.44 bits per heavy atom. The summed E-state index contributed by atoms with van der Waals surface area (Å²) in [6, 6.07) is 0.0797. The molecule has 5 nitrogen and oxygen atoms in total. The number of nitrogens with two attached hydrogens (primary N) is 1. The van der Waals surface area contributed by atoms with Crippen molar-refractivity contribution in [1.29, 1.82) is 0 Å². The van der Waals surface area contributed by atoms with E-state index in [1.807, 2.05) is 0 Å². The molecule has 0 spiro atoms. The fourth-order valence-electron chi connectivity index (χ4n) is 1.60. The van der Waals surface area contributed by atoms with E-state index in [2.05, 4.69) is 10.3 Å². The molecule has 102 valence electrons. The molecular formula is C11H18ClN3O2S. The van der Waals surface area contributed by atoms with Gasteiger partial charge in [0.1, 0.15) is 10.7 Å². The Labute approximate surface area is 117 Å². The van der Waals surface area contributed by atoms with Crippen LogP contribution in [0.4, 0.5) is 0 Å². The van der Waals surface area contributed by atoms with Gasteiger partial charge in [0.25, 0.3) is 5.91 Å². The first kappa shape index (κ1) is 15.4. The summed E-state index contributed by atoms with van der Waals surface area (Å²) in [7, 11) is 1.61. The summed E-state index contributed by atoms with van der Waals surface area (Å²) in [5.41, 5.74) is 6.35. The topological polar surface area (TPSA) is 77.2 Å². The molecule has 7 heteroatoms. The summed E-state index contributed by atoms with van der Waals surface area (Å²) >= 11 is 1.43. The van der Waals surface area contributed by atoms with Crippen LogP contribution in [-0.2, 0) is 11.3 Å². The van der Waals surface area contributed by atoms with Crippen molar-refractivity contribution >= 4 is 29.7 Å². The van der Waals surface area contributed by atoms with Crippen LogP contribution >= 0.6 is 23.7 Å². The number of hydrogen-bond acceptors (Lipinski definition) is 5. The van der Waals surface area contributed by atoms with E-state index in [9.17, 15) is 4.79 Å². The highest BCUT2D eigenvalue weighted by Gasteiger charge is 2.28. The van der Waals surface area contributed by atoms with E-state index in [1.165, 1.54) is 24.2 Å². The van der Waals surface area contributed by atoms with Gasteiger partial charge in [0.15, 0.2) is 0 Å². The number of aromatic nitrogens is 1. The summed E-state index contributed by atoms with van der Waals surface area (Å²) in [4.78, 5) is 15.9. The fraction of sp³-hybridized carbons (Fsp3) is 0.636. The van der Waals surface area contributed by atoms with E-state index >= 15 is 0 Å². The Hall–Kier alpha value is -0.690. The first-order valence-electron chi connectivity index (χ1n) is 5.68. The smallest absolute Gasteiger partial charge is 0.270 e. The molecule has 1 fully saturated rings. The van der Waals surface area contributed by atoms with Crippen molar-refractivity contribution in [3.8, 4) is 0 Å². The van der Waals surface area contributed by atoms with Gasteiger partial charge in [-0.15, -0.1) is 23.7 Å². The maximum atomic E-state index is 11.7. The first-order chi connectivity index (χ1) is 8.20. The zero-order valence-corrected chi connectivity index (χ0v) is 11.9. The number of rotatable bonds is 6. The lowest BCUT2D eigenvalue weighted by Gasteiger charge is -2.10. The number of carbonyl (C=O) groups is 1. The lowest BCUT2D eigenvalue weighted by molar-refractivity contribution is 0.0945. The second-order valence-electron chi connectivity index (χ2n) is 4.27. The van der Waals surface area contributed by atoms with Gasteiger partial charge in [-0.3, -0.25) is 4.79 Å². The number of methoxy groups -OCH3 is 1. The average Bonchev–Trinajstić information content (AvgIpc) is 3.07. The van der Waals surface area contributed by atoms with E-state index < -0.39 is 0 Å². The van der Waals surface area contributed by atoms with E-state index in [-0.39, 0.29) is 24.4 Å². The molecular weight excluding hydrogens is 274 g/mol. The van der Waals surface area contributed by atoms with Crippen molar-refractivity contribution in [1.82, 2.24) is 10.3 Å². The van der Waals surface area contributed by atoms with Crippen molar-refractivity contribution in [2.75, 3.05) is 13.7 Å². The van der Waals surface area contributed by atoms with E-state index in [0.29, 0.717) is 24.8 Å². The summed E-state index contributed by atoms with van der Waals surface area (Å²) < 4.78 is 4.96. The van der Waals surface area contributed by atoms with Gasteiger partial charge in [0.2, 0.25) is 0 Å². The van der Waals surface area contributed by atoms with Crippen LogP contribution in [0.3, 0.4) is 0 Å². The third kappa shape index (κ3) is 4.20. The number of nitrogens with one attached hydrogen (secondary N) is 1. The Morgan fingerprint density at radius 3 is 3.06 bits per heavy atom. The predicted molar refractivity (Wildman–Crippen MR) is 73.1 cm³/mol. The van der Waals surface area contributed by atoms with Crippen LogP contribution in [0.15, 0.2) is 5.38 Å².